The van der Waals surface area contributed by atoms with Crippen molar-refractivity contribution in [2.24, 2.45) is 0 Å². The van der Waals surface area contributed by atoms with Crippen LogP contribution in [0.1, 0.15) is 19.3 Å². The Morgan fingerprint density at radius 3 is 2.86 bits per heavy atom. The molecule has 1 saturated heterocycles. The monoisotopic (exact) mass is 241 g/mol. The molecule has 1 rings (SSSR count). The van der Waals surface area contributed by atoms with Crippen LogP contribution >= 0.6 is 11.6 Å². The number of nitrogens with one attached hydrogen (secondary N) is 1. The minimum atomic E-state index is -3.16. The van der Waals surface area contributed by atoms with Gasteiger partial charge < -0.3 is 4.74 Å². The summed E-state index contributed by atoms with van der Waals surface area (Å²) in [7, 11) is -3.16. The molecule has 14 heavy (non-hydrogen) atoms. The normalized spacial score (nSPS) is 22.8. The van der Waals surface area contributed by atoms with Gasteiger partial charge in [0.2, 0.25) is 10.0 Å². The molecule has 4 nitrogen and oxygen atoms in total. The van der Waals surface area contributed by atoms with Crippen molar-refractivity contribution in [3.63, 3.8) is 0 Å². The Kier molecular flexibility index (Phi) is 5.15. The van der Waals surface area contributed by atoms with Crippen LogP contribution in [0.15, 0.2) is 0 Å². The summed E-state index contributed by atoms with van der Waals surface area (Å²) in [6, 6.07) is 0. The largest absolute Gasteiger partial charge is 0.378 e. The molecule has 1 aliphatic heterocycles. The quantitative estimate of drug-likeness (QED) is 0.697. The van der Waals surface area contributed by atoms with Gasteiger partial charge in [0.25, 0.3) is 0 Å². The van der Waals surface area contributed by atoms with E-state index in [1.165, 1.54) is 0 Å². The van der Waals surface area contributed by atoms with Crippen LogP contribution in [0, 0.1) is 0 Å². The van der Waals surface area contributed by atoms with E-state index in [2.05, 4.69) is 4.72 Å². The van der Waals surface area contributed by atoms with Gasteiger partial charge in [-0.1, -0.05) is 0 Å². The second kappa shape index (κ2) is 5.90. The van der Waals surface area contributed by atoms with Crippen molar-refractivity contribution in [1.82, 2.24) is 4.72 Å². The SMILES string of the molecule is O=S(=O)(CCCl)NCCC1CCCO1. The Morgan fingerprint density at radius 2 is 2.29 bits per heavy atom. The summed E-state index contributed by atoms with van der Waals surface area (Å²) in [5, 5.41) is 0. The lowest BCUT2D eigenvalue weighted by atomic mass is 10.2. The van der Waals surface area contributed by atoms with Crippen LogP contribution in [0.5, 0.6) is 0 Å². The highest BCUT2D eigenvalue weighted by Gasteiger charge is 2.16. The maximum absolute atomic E-state index is 11.2. The molecule has 1 atom stereocenters. The molecule has 0 spiro atoms. The number of hydrogen-bond donors (Lipinski definition) is 1. The standard InChI is InChI=1S/C8H16ClNO3S/c9-4-7-14(11,12)10-5-3-8-2-1-6-13-8/h8,10H,1-7H2. The second-order valence-corrected chi connectivity index (χ2v) is 5.63. The number of ether oxygens (including phenoxy) is 1. The van der Waals surface area contributed by atoms with Crippen LogP contribution in [-0.4, -0.2) is 39.3 Å². The third-order valence-electron chi connectivity index (χ3n) is 2.16. The van der Waals surface area contributed by atoms with E-state index in [4.69, 9.17) is 16.3 Å². The summed E-state index contributed by atoms with van der Waals surface area (Å²) in [6.45, 7) is 1.25. The fraction of sp³-hybridized carbons (Fsp3) is 1.00. The van der Waals surface area contributed by atoms with Crippen LogP contribution in [0.3, 0.4) is 0 Å². The van der Waals surface area contributed by atoms with Gasteiger partial charge in [0.15, 0.2) is 0 Å². The predicted octanol–water partition coefficient (Wildman–Crippen LogP) is 0.714. The predicted molar refractivity (Wildman–Crippen MR) is 56.1 cm³/mol. The first kappa shape index (κ1) is 12.2. The van der Waals surface area contributed by atoms with Crippen molar-refractivity contribution in [2.45, 2.75) is 25.4 Å². The summed E-state index contributed by atoms with van der Waals surface area (Å²) in [6.07, 6.45) is 3.10. The van der Waals surface area contributed by atoms with Gasteiger partial charge in [-0.05, 0) is 19.3 Å². The second-order valence-electron chi connectivity index (χ2n) is 3.33. The lowest BCUT2D eigenvalue weighted by Gasteiger charge is -2.09. The summed E-state index contributed by atoms with van der Waals surface area (Å²) in [5.74, 6) is 0.120. The molecular formula is C8H16ClNO3S. The van der Waals surface area contributed by atoms with Crippen molar-refractivity contribution in [3.8, 4) is 0 Å². The zero-order valence-corrected chi connectivity index (χ0v) is 9.61. The van der Waals surface area contributed by atoms with Crippen molar-refractivity contribution >= 4 is 21.6 Å². The fourth-order valence-corrected chi connectivity index (χ4v) is 2.81. The first-order valence-corrected chi connectivity index (χ1v) is 6.97. The Hall–Kier alpha value is 0.160. The molecule has 0 aromatic rings. The molecule has 0 aliphatic carbocycles. The fourth-order valence-electron chi connectivity index (χ4n) is 1.42. The van der Waals surface area contributed by atoms with E-state index >= 15 is 0 Å². The average Bonchev–Trinajstić information content (AvgIpc) is 2.56. The van der Waals surface area contributed by atoms with Gasteiger partial charge >= 0.3 is 0 Å². The van der Waals surface area contributed by atoms with E-state index < -0.39 is 10.0 Å². The highest BCUT2D eigenvalue weighted by atomic mass is 35.5. The molecule has 84 valence electrons. The van der Waals surface area contributed by atoms with Crippen LogP contribution in [0.25, 0.3) is 0 Å². The maximum atomic E-state index is 11.2. The van der Waals surface area contributed by atoms with E-state index in [1.54, 1.807) is 0 Å². The van der Waals surface area contributed by atoms with Crippen molar-refractivity contribution < 1.29 is 13.2 Å². The Labute approximate surface area is 90.0 Å². The molecule has 0 saturated carbocycles. The van der Waals surface area contributed by atoms with Gasteiger partial charge in [0.1, 0.15) is 0 Å². The number of hydrogen-bond acceptors (Lipinski definition) is 3. The number of sulfonamides is 1. The number of halogens is 1. The molecule has 1 heterocycles. The van der Waals surface area contributed by atoms with Crippen LogP contribution in [0.2, 0.25) is 0 Å². The molecule has 0 radical (unpaired) electrons. The lowest BCUT2D eigenvalue weighted by molar-refractivity contribution is 0.105. The number of rotatable bonds is 6. The van der Waals surface area contributed by atoms with Crippen LogP contribution in [-0.2, 0) is 14.8 Å². The Bertz CT molecular complexity index is 249. The molecule has 0 bridgehead atoms. The van der Waals surface area contributed by atoms with E-state index in [0.29, 0.717) is 6.54 Å². The summed E-state index contributed by atoms with van der Waals surface area (Å²) >= 11 is 5.35. The zero-order valence-electron chi connectivity index (χ0n) is 8.04. The van der Waals surface area contributed by atoms with Crippen molar-refractivity contribution in [3.05, 3.63) is 0 Å². The number of alkyl halides is 1. The van der Waals surface area contributed by atoms with Crippen LogP contribution < -0.4 is 4.72 Å². The van der Waals surface area contributed by atoms with Gasteiger partial charge in [-0.15, -0.1) is 11.6 Å². The summed E-state index contributed by atoms with van der Waals surface area (Å²) < 4.78 is 30.2. The van der Waals surface area contributed by atoms with Crippen LogP contribution in [0.4, 0.5) is 0 Å². The third-order valence-corrected chi connectivity index (χ3v) is 3.96. The topological polar surface area (TPSA) is 55.4 Å². The average molecular weight is 242 g/mol. The first-order chi connectivity index (χ1) is 6.64. The molecule has 0 aromatic carbocycles. The van der Waals surface area contributed by atoms with E-state index in [1.807, 2.05) is 0 Å². The molecule has 0 amide bonds. The minimum Gasteiger partial charge on any atom is -0.378 e. The van der Waals surface area contributed by atoms with Crippen molar-refractivity contribution in [2.75, 3.05) is 24.8 Å². The van der Waals surface area contributed by atoms with E-state index in [9.17, 15) is 8.42 Å². The minimum absolute atomic E-state index is 0.0138. The molecule has 0 aromatic heterocycles. The van der Waals surface area contributed by atoms with Gasteiger partial charge in [-0.25, -0.2) is 13.1 Å². The first-order valence-electron chi connectivity index (χ1n) is 4.79. The summed E-state index contributed by atoms with van der Waals surface area (Å²) in [4.78, 5) is 0. The molecule has 1 N–H and O–H groups in total. The zero-order chi connectivity index (χ0) is 10.4. The Morgan fingerprint density at radius 1 is 1.50 bits per heavy atom. The Balaban J connectivity index is 2.13. The molecule has 1 aliphatic rings. The third kappa shape index (κ3) is 4.59. The molecule has 1 fully saturated rings. The molecule has 6 heteroatoms. The lowest BCUT2D eigenvalue weighted by Crippen LogP contribution is -2.29. The van der Waals surface area contributed by atoms with Gasteiger partial charge in [-0.2, -0.15) is 0 Å². The van der Waals surface area contributed by atoms with Gasteiger partial charge in [-0.3, -0.25) is 0 Å². The van der Waals surface area contributed by atoms with Gasteiger partial charge in [0, 0.05) is 19.0 Å². The highest BCUT2D eigenvalue weighted by Crippen LogP contribution is 2.14. The maximum Gasteiger partial charge on any atom is 0.212 e. The van der Waals surface area contributed by atoms with Crippen molar-refractivity contribution in [1.29, 1.82) is 0 Å². The summed E-state index contributed by atoms with van der Waals surface area (Å²) in [5.41, 5.74) is 0. The van der Waals surface area contributed by atoms with Gasteiger partial charge in [0.05, 0.1) is 11.9 Å². The smallest absolute Gasteiger partial charge is 0.212 e. The van der Waals surface area contributed by atoms with E-state index in [0.717, 1.165) is 25.9 Å². The van der Waals surface area contributed by atoms with E-state index in [-0.39, 0.29) is 17.7 Å². The highest BCUT2D eigenvalue weighted by molar-refractivity contribution is 7.89. The molecular weight excluding hydrogens is 226 g/mol. The molecule has 1 unspecified atom stereocenters.